The van der Waals surface area contributed by atoms with E-state index in [-0.39, 0.29) is 5.78 Å². The Morgan fingerprint density at radius 3 is 2.05 bits per heavy atom. The molecule has 2 aromatic rings. The van der Waals surface area contributed by atoms with Crippen LogP contribution in [-0.2, 0) is 0 Å². The van der Waals surface area contributed by atoms with Crippen LogP contribution in [0.25, 0.3) is 0 Å². The molecule has 0 amide bonds. The van der Waals surface area contributed by atoms with Crippen LogP contribution in [0.15, 0.2) is 28.7 Å². The second-order valence-electron chi connectivity index (χ2n) is 5.27. The summed E-state index contributed by atoms with van der Waals surface area (Å²) in [6, 6.07) is 7.65. The molecule has 0 unspecified atom stereocenters. The van der Waals surface area contributed by atoms with Crippen LogP contribution in [-0.4, -0.2) is 5.78 Å². The van der Waals surface area contributed by atoms with Crippen molar-refractivity contribution in [2.75, 3.05) is 5.73 Å². The highest BCUT2D eigenvalue weighted by Crippen LogP contribution is 2.26. The quantitative estimate of drug-likeness (QED) is 0.650. The molecule has 0 saturated heterocycles. The van der Waals surface area contributed by atoms with Crippen LogP contribution < -0.4 is 5.73 Å². The molecule has 0 bridgehead atoms. The summed E-state index contributed by atoms with van der Waals surface area (Å²) in [6.07, 6.45) is 0. The summed E-state index contributed by atoms with van der Waals surface area (Å²) in [5.41, 5.74) is 12.0. The topological polar surface area (TPSA) is 43.1 Å². The molecular formula is C17H18BrNO. The molecule has 0 aliphatic heterocycles. The monoisotopic (exact) mass is 331 g/mol. The predicted molar refractivity (Wildman–Crippen MR) is 87.4 cm³/mol. The van der Waals surface area contributed by atoms with Gasteiger partial charge >= 0.3 is 0 Å². The van der Waals surface area contributed by atoms with Gasteiger partial charge in [-0.25, -0.2) is 0 Å². The van der Waals surface area contributed by atoms with Gasteiger partial charge in [-0.05, 0) is 68.1 Å². The molecule has 104 valence electrons. The smallest absolute Gasteiger partial charge is 0.193 e. The van der Waals surface area contributed by atoms with E-state index < -0.39 is 0 Å². The van der Waals surface area contributed by atoms with E-state index >= 15 is 0 Å². The van der Waals surface area contributed by atoms with Crippen LogP contribution in [0.4, 0.5) is 5.69 Å². The van der Waals surface area contributed by atoms with E-state index in [1.165, 1.54) is 0 Å². The maximum Gasteiger partial charge on any atom is 0.193 e. The van der Waals surface area contributed by atoms with Gasteiger partial charge in [-0.3, -0.25) is 4.79 Å². The number of nitrogen functional groups attached to an aromatic ring is 1. The van der Waals surface area contributed by atoms with Crippen molar-refractivity contribution in [3.05, 3.63) is 62.1 Å². The molecule has 0 atom stereocenters. The number of nitrogens with two attached hydrogens (primary N) is 1. The van der Waals surface area contributed by atoms with Crippen molar-refractivity contribution in [1.82, 2.24) is 0 Å². The van der Waals surface area contributed by atoms with Gasteiger partial charge in [0.05, 0.1) is 0 Å². The zero-order valence-electron chi connectivity index (χ0n) is 12.2. The van der Waals surface area contributed by atoms with Crippen molar-refractivity contribution in [1.29, 1.82) is 0 Å². The molecule has 0 heterocycles. The highest BCUT2D eigenvalue weighted by Gasteiger charge is 2.16. The molecule has 0 radical (unpaired) electrons. The number of hydrogen-bond donors (Lipinski definition) is 1. The van der Waals surface area contributed by atoms with Crippen LogP contribution in [0.5, 0.6) is 0 Å². The molecule has 20 heavy (non-hydrogen) atoms. The predicted octanol–water partition coefficient (Wildman–Crippen LogP) is 4.50. The van der Waals surface area contributed by atoms with Gasteiger partial charge in [0.25, 0.3) is 0 Å². The molecule has 0 spiro atoms. The average molecular weight is 332 g/mol. The van der Waals surface area contributed by atoms with Gasteiger partial charge in [-0.15, -0.1) is 0 Å². The minimum atomic E-state index is 0.0299. The Kier molecular flexibility index (Phi) is 4.00. The van der Waals surface area contributed by atoms with Crippen LogP contribution in [0, 0.1) is 27.7 Å². The minimum Gasteiger partial charge on any atom is -0.398 e. The zero-order valence-corrected chi connectivity index (χ0v) is 13.8. The Balaban J connectivity index is 2.57. The van der Waals surface area contributed by atoms with E-state index in [0.29, 0.717) is 11.3 Å². The lowest BCUT2D eigenvalue weighted by Crippen LogP contribution is -2.08. The Hall–Kier alpha value is -1.61. The first-order valence-corrected chi connectivity index (χ1v) is 7.28. The number of aryl methyl sites for hydroxylation is 4. The van der Waals surface area contributed by atoms with Gasteiger partial charge < -0.3 is 5.73 Å². The van der Waals surface area contributed by atoms with E-state index in [0.717, 1.165) is 32.3 Å². The maximum atomic E-state index is 12.7. The Morgan fingerprint density at radius 1 is 0.850 bits per heavy atom. The summed E-state index contributed by atoms with van der Waals surface area (Å²) in [7, 11) is 0. The van der Waals surface area contributed by atoms with Crippen molar-refractivity contribution in [2.45, 2.75) is 27.7 Å². The summed E-state index contributed by atoms with van der Waals surface area (Å²) in [4.78, 5) is 12.7. The highest BCUT2D eigenvalue weighted by atomic mass is 79.9. The molecular weight excluding hydrogens is 314 g/mol. The number of carbonyl (C=O) groups excluding carboxylic acids is 1. The van der Waals surface area contributed by atoms with E-state index in [1.54, 1.807) is 6.07 Å². The SMILES string of the molecule is Cc1cc(C)c(C(=O)c2cc(C)c(Br)cc2C)cc1N. The fourth-order valence-electron chi connectivity index (χ4n) is 2.28. The van der Waals surface area contributed by atoms with E-state index in [9.17, 15) is 4.79 Å². The normalized spacial score (nSPS) is 10.7. The zero-order chi connectivity index (χ0) is 15.0. The lowest BCUT2D eigenvalue weighted by Gasteiger charge is -2.12. The van der Waals surface area contributed by atoms with E-state index in [2.05, 4.69) is 15.9 Å². The first kappa shape index (κ1) is 14.8. The van der Waals surface area contributed by atoms with E-state index in [1.807, 2.05) is 45.9 Å². The lowest BCUT2D eigenvalue weighted by atomic mass is 9.93. The molecule has 0 aliphatic carbocycles. The molecule has 2 aromatic carbocycles. The number of benzene rings is 2. The number of anilines is 1. The Bertz CT molecular complexity index is 645. The van der Waals surface area contributed by atoms with Gasteiger partial charge in [-0.1, -0.05) is 22.0 Å². The van der Waals surface area contributed by atoms with E-state index in [4.69, 9.17) is 5.73 Å². The van der Waals surface area contributed by atoms with Gasteiger partial charge in [-0.2, -0.15) is 0 Å². The third-order valence-electron chi connectivity index (χ3n) is 3.61. The summed E-state index contributed by atoms with van der Waals surface area (Å²) in [5, 5.41) is 0. The Labute approximate surface area is 128 Å². The summed E-state index contributed by atoms with van der Waals surface area (Å²) >= 11 is 3.49. The van der Waals surface area contributed by atoms with Crippen LogP contribution in [0.3, 0.4) is 0 Å². The van der Waals surface area contributed by atoms with Gasteiger partial charge in [0, 0.05) is 21.3 Å². The number of ketones is 1. The average Bonchev–Trinajstić information content (AvgIpc) is 2.37. The summed E-state index contributed by atoms with van der Waals surface area (Å²) < 4.78 is 1.02. The van der Waals surface area contributed by atoms with Crippen LogP contribution in [0.1, 0.15) is 38.2 Å². The largest absolute Gasteiger partial charge is 0.398 e. The molecule has 3 heteroatoms. The number of rotatable bonds is 2. The molecule has 0 saturated carbocycles. The molecule has 0 aliphatic rings. The second-order valence-corrected chi connectivity index (χ2v) is 6.12. The van der Waals surface area contributed by atoms with Crippen molar-refractivity contribution in [2.24, 2.45) is 0 Å². The molecule has 2 N–H and O–H groups in total. The second kappa shape index (κ2) is 5.41. The summed E-state index contributed by atoms with van der Waals surface area (Å²) in [5.74, 6) is 0.0299. The van der Waals surface area contributed by atoms with Crippen LogP contribution >= 0.6 is 15.9 Å². The number of halogens is 1. The minimum absolute atomic E-state index is 0.0299. The molecule has 2 nitrogen and oxygen atoms in total. The third kappa shape index (κ3) is 2.63. The third-order valence-corrected chi connectivity index (χ3v) is 4.46. The van der Waals surface area contributed by atoms with Crippen molar-refractivity contribution in [3.63, 3.8) is 0 Å². The standard InChI is InChI=1S/C17H18BrNO/c1-9-5-12(4)16(19)8-14(9)17(20)13-6-11(3)15(18)7-10(13)2/h5-8H,19H2,1-4H3. The first-order valence-electron chi connectivity index (χ1n) is 6.49. The Morgan fingerprint density at radius 2 is 1.40 bits per heavy atom. The molecule has 0 aromatic heterocycles. The fourth-order valence-corrected chi connectivity index (χ4v) is 2.74. The molecule has 2 rings (SSSR count). The first-order chi connectivity index (χ1) is 9.31. The maximum absolute atomic E-state index is 12.7. The van der Waals surface area contributed by atoms with Crippen molar-refractivity contribution >= 4 is 27.4 Å². The highest BCUT2D eigenvalue weighted by molar-refractivity contribution is 9.10. The van der Waals surface area contributed by atoms with Crippen molar-refractivity contribution in [3.8, 4) is 0 Å². The van der Waals surface area contributed by atoms with Crippen molar-refractivity contribution < 1.29 is 4.79 Å². The number of carbonyl (C=O) groups is 1. The lowest BCUT2D eigenvalue weighted by molar-refractivity contribution is 0.103. The van der Waals surface area contributed by atoms with Gasteiger partial charge in [0.15, 0.2) is 5.78 Å². The number of hydrogen-bond acceptors (Lipinski definition) is 2. The summed E-state index contributed by atoms with van der Waals surface area (Å²) in [6.45, 7) is 7.83. The van der Waals surface area contributed by atoms with Crippen LogP contribution in [0.2, 0.25) is 0 Å². The van der Waals surface area contributed by atoms with Gasteiger partial charge in [0.2, 0.25) is 0 Å². The fraction of sp³-hybridized carbons (Fsp3) is 0.235. The molecule has 0 fully saturated rings. The van der Waals surface area contributed by atoms with Gasteiger partial charge in [0.1, 0.15) is 0 Å².